The van der Waals surface area contributed by atoms with Crippen LogP contribution in [0.3, 0.4) is 0 Å². The monoisotopic (exact) mass is 355 g/mol. The first-order valence-corrected chi connectivity index (χ1v) is 10.4. The Bertz CT molecular complexity index is 769. The van der Waals surface area contributed by atoms with E-state index in [-0.39, 0.29) is 23.3 Å². The molecule has 1 aromatic heterocycles. The van der Waals surface area contributed by atoms with Crippen LogP contribution in [0.25, 0.3) is 0 Å². The zero-order valence-electron chi connectivity index (χ0n) is 11.6. The normalized spacial score (nSPS) is 19.0. The SMILES string of the molecule is Cc1[nH]c(=O)sc1S(=O)(=O)N1CCC(NS(C)(=O)=O)CC1. The van der Waals surface area contributed by atoms with Gasteiger partial charge >= 0.3 is 4.87 Å². The fourth-order valence-corrected chi connectivity index (χ4v) is 6.02. The number of H-pyrrole nitrogens is 1. The van der Waals surface area contributed by atoms with Crippen molar-refractivity contribution >= 4 is 31.4 Å². The topological polar surface area (TPSA) is 116 Å². The Morgan fingerprint density at radius 2 is 1.81 bits per heavy atom. The number of aromatic amines is 1. The van der Waals surface area contributed by atoms with Crippen molar-refractivity contribution in [3.05, 3.63) is 15.4 Å². The summed E-state index contributed by atoms with van der Waals surface area (Å²) in [4.78, 5) is 13.3. The van der Waals surface area contributed by atoms with Crippen LogP contribution in [-0.4, -0.2) is 51.5 Å². The molecule has 1 fully saturated rings. The molecule has 1 aliphatic heterocycles. The van der Waals surface area contributed by atoms with Gasteiger partial charge in [0.15, 0.2) is 4.21 Å². The maximum Gasteiger partial charge on any atom is 0.305 e. The molecule has 11 heteroatoms. The number of nitrogens with one attached hydrogen (secondary N) is 2. The number of aromatic nitrogens is 1. The summed E-state index contributed by atoms with van der Waals surface area (Å²) in [6.45, 7) is 1.99. The number of hydrogen-bond donors (Lipinski definition) is 2. The third-order valence-corrected chi connectivity index (χ3v) is 7.43. The lowest BCUT2D eigenvalue weighted by Crippen LogP contribution is -2.46. The molecule has 2 rings (SSSR count). The molecule has 0 radical (unpaired) electrons. The number of aryl methyl sites for hydroxylation is 1. The van der Waals surface area contributed by atoms with Crippen molar-refractivity contribution in [2.24, 2.45) is 0 Å². The molecule has 0 saturated carbocycles. The predicted octanol–water partition coefficient (Wildman–Crippen LogP) is -0.553. The number of thiazole rings is 1. The molecule has 0 bridgehead atoms. The number of sulfonamides is 2. The van der Waals surface area contributed by atoms with Crippen LogP contribution < -0.4 is 9.60 Å². The van der Waals surface area contributed by atoms with Gasteiger partial charge in [-0.05, 0) is 19.8 Å². The molecule has 2 heterocycles. The zero-order valence-corrected chi connectivity index (χ0v) is 14.1. The first kappa shape index (κ1) is 16.6. The maximum absolute atomic E-state index is 12.5. The minimum Gasteiger partial charge on any atom is -0.315 e. The highest BCUT2D eigenvalue weighted by molar-refractivity contribution is 7.91. The molecule has 120 valence electrons. The number of piperidine rings is 1. The molecule has 1 saturated heterocycles. The summed E-state index contributed by atoms with van der Waals surface area (Å²) in [5.74, 6) is 0. The molecule has 8 nitrogen and oxygen atoms in total. The van der Waals surface area contributed by atoms with Crippen LogP contribution in [0.2, 0.25) is 0 Å². The predicted molar refractivity (Wildman–Crippen MR) is 79.4 cm³/mol. The number of hydrogen-bond acceptors (Lipinski definition) is 6. The summed E-state index contributed by atoms with van der Waals surface area (Å²) >= 11 is 0.674. The first-order chi connectivity index (χ1) is 9.59. The second kappa shape index (κ2) is 5.80. The van der Waals surface area contributed by atoms with Gasteiger partial charge in [-0.15, -0.1) is 0 Å². The van der Waals surface area contributed by atoms with Crippen molar-refractivity contribution in [3.63, 3.8) is 0 Å². The molecule has 1 aliphatic rings. The van der Waals surface area contributed by atoms with Crippen LogP contribution in [0, 0.1) is 6.92 Å². The van der Waals surface area contributed by atoms with E-state index in [4.69, 9.17) is 0 Å². The van der Waals surface area contributed by atoms with Gasteiger partial charge in [-0.25, -0.2) is 21.6 Å². The standard InChI is InChI=1S/C10H17N3O5S3/c1-7-9(19-10(14)11-7)21(17,18)13-5-3-8(4-6-13)12-20(2,15)16/h8,12H,3-6H2,1-2H3,(H,11,14). The lowest BCUT2D eigenvalue weighted by Gasteiger charge is -2.30. The van der Waals surface area contributed by atoms with Gasteiger partial charge in [0.25, 0.3) is 10.0 Å². The van der Waals surface area contributed by atoms with Crippen LogP contribution in [-0.2, 0) is 20.0 Å². The number of nitrogens with zero attached hydrogens (tertiary/aromatic N) is 1. The summed E-state index contributed by atoms with van der Waals surface area (Å²) in [6.07, 6.45) is 1.89. The highest BCUT2D eigenvalue weighted by atomic mass is 32.2. The molecule has 2 N–H and O–H groups in total. The van der Waals surface area contributed by atoms with Crippen LogP contribution in [0.4, 0.5) is 0 Å². The quantitative estimate of drug-likeness (QED) is 0.751. The largest absolute Gasteiger partial charge is 0.315 e. The lowest BCUT2D eigenvalue weighted by molar-refractivity contribution is 0.309. The second-order valence-electron chi connectivity index (χ2n) is 5.00. The van der Waals surface area contributed by atoms with Crippen molar-refractivity contribution in [1.29, 1.82) is 0 Å². The van der Waals surface area contributed by atoms with E-state index in [0.29, 0.717) is 29.9 Å². The second-order valence-corrected chi connectivity index (χ2v) is 9.89. The van der Waals surface area contributed by atoms with Crippen LogP contribution in [0.1, 0.15) is 18.5 Å². The molecule has 0 aromatic carbocycles. The smallest absolute Gasteiger partial charge is 0.305 e. The Hall–Kier alpha value is -0.750. The van der Waals surface area contributed by atoms with E-state index in [1.165, 1.54) is 4.31 Å². The van der Waals surface area contributed by atoms with E-state index < -0.39 is 24.9 Å². The van der Waals surface area contributed by atoms with E-state index in [1.54, 1.807) is 6.92 Å². The van der Waals surface area contributed by atoms with Gasteiger partial charge in [0.05, 0.1) is 6.26 Å². The summed E-state index contributed by atoms with van der Waals surface area (Å²) in [5.41, 5.74) is 0.335. The van der Waals surface area contributed by atoms with Crippen molar-refractivity contribution in [2.45, 2.75) is 30.0 Å². The molecular formula is C10H17N3O5S3. The van der Waals surface area contributed by atoms with E-state index in [0.717, 1.165) is 6.26 Å². The highest BCUT2D eigenvalue weighted by Gasteiger charge is 2.32. The fraction of sp³-hybridized carbons (Fsp3) is 0.700. The Balaban J connectivity index is 2.11. The first-order valence-electron chi connectivity index (χ1n) is 6.27. The molecule has 0 spiro atoms. The van der Waals surface area contributed by atoms with Gasteiger partial charge in [-0.2, -0.15) is 4.31 Å². The summed E-state index contributed by atoms with van der Waals surface area (Å²) < 4.78 is 51.0. The maximum atomic E-state index is 12.5. The Morgan fingerprint density at radius 1 is 1.24 bits per heavy atom. The van der Waals surface area contributed by atoms with Gasteiger partial charge in [0.1, 0.15) is 0 Å². The Labute approximate surface area is 127 Å². The van der Waals surface area contributed by atoms with Crippen molar-refractivity contribution in [2.75, 3.05) is 19.3 Å². The van der Waals surface area contributed by atoms with E-state index in [9.17, 15) is 21.6 Å². The van der Waals surface area contributed by atoms with Gasteiger partial charge in [-0.1, -0.05) is 11.3 Å². The van der Waals surface area contributed by atoms with Gasteiger partial charge < -0.3 is 4.98 Å². The molecule has 0 aliphatic carbocycles. The lowest BCUT2D eigenvalue weighted by atomic mass is 10.1. The summed E-state index contributed by atoms with van der Waals surface area (Å²) in [7, 11) is -6.99. The highest BCUT2D eigenvalue weighted by Crippen LogP contribution is 2.24. The fourth-order valence-electron chi connectivity index (χ4n) is 2.27. The number of rotatable bonds is 4. The van der Waals surface area contributed by atoms with Crippen LogP contribution in [0.5, 0.6) is 0 Å². The molecule has 0 unspecified atom stereocenters. The third kappa shape index (κ3) is 3.92. The van der Waals surface area contributed by atoms with Crippen LogP contribution >= 0.6 is 11.3 Å². The van der Waals surface area contributed by atoms with Crippen molar-refractivity contribution in [3.8, 4) is 0 Å². The molecule has 1 aromatic rings. The molecular weight excluding hydrogens is 338 g/mol. The van der Waals surface area contributed by atoms with Crippen molar-refractivity contribution in [1.82, 2.24) is 14.0 Å². The van der Waals surface area contributed by atoms with E-state index in [1.807, 2.05) is 0 Å². The van der Waals surface area contributed by atoms with E-state index >= 15 is 0 Å². The van der Waals surface area contributed by atoms with Gasteiger partial charge in [-0.3, -0.25) is 4.79 Å². The zero-order chi connectivity index (χ0) is 15.8. The van der Waals surface area contributed by atoms with Gasteiger partial charge in [0, 0.05) is 24.8 Å². The minimum absolute atomic E-state index is 0.0297. The summed E-state index contributed by atoms with van der Waals surface area (Å²) in [5, 5.41) is 0. The average molecular weight is 355 g/mol. The Kier molecular flexibility index (Phi) is 4.59. The molecule has 21 heavy (non-hydrogen) atoms. The van der Waals surface area contributed by atoms with Crippen molar-refractivity contribution < 1.29 is 16.8 Å². The van der Waals surface area contributed by atoms with Crippen LogP contribution in [0.15, 0.2) is 9.00 Å². The molecule has 0 amide bonds. The van der Waals surface area contributed by atoms with E-state index in [2.05, 4.69) is 9.71 Å². The Morgan fingerprint density at radius 3 is 2.24 bits per heavy atom. The third-order valence-electron chi connectivity index (χ3n) is 3.19. The average Bonchev–Trinajstić information content (AvgIpc) is 2.68. The van der Waals surface area contributed by atoms with Gasteiger partial charge in [0.2, 0.25) is 10.0 Å². The molecule has 0 atom stereocenters. The summed E-state index contributed by atoms with van der Waals surface area (Å²) in [6, 6.07) is -0.252. The minimum atomic E-state index is -3.70.